The van der Waals surface area contributed by atoms with Crippen LogP contribution >= 0.6 is 0 Å². The molecule has 1 atom stereocenters. The van der Waals surface area contributed by atoms with Crippen LogP contribution in [0.5, 0.6) is 5.75 Å². The molecule has 150 valence electrons. The van der Waals surface area contributed by atoms with Crippen LogP contribution in [0, 0.1) is 13.8 Å². The van der Waals surface area contributed by atoms with Crippen molar-refractivity contribution in [2.24, 2.45) is 0 Å². The normalized spacial score (nSPS) is 11.6. The average molecular weight is 394 g/mol. The van der Waals surface area contributed by atoms with Crippen molar-refractivity contribution in [1.29, 1.82) is 0 Å². The molecule has 0 spiro atoms. The Kier molecular flexibility index (Phi) is 6.29. The molecule has 1 amide bonds. The third-order valence-corrected chi connectivity index (χ3v) is 4.26. The number of aromatic nitrogens is 1. The lowest BCUT2D eigenvalue weighted by molar-refractivity contribution is -0.123. The van der Waals surface area contributed by atoms with Crippen LogP contribution in [0.3, 0.4) is 0 Å². The summed E-state index contributed by atoms with van der Waals surface area (Å²) in [4.78, 5) is 24.6. The summed E-state index contributed by atoms with van der Waals surface area (Å²) in [5.41, 5.74) is 2.30. The smallest absolute Gasteiger partial charge is 0.344 e. The molecule has 1 heterocycles. The minimum Gasteiger partial charge on any atom is -0.489 e. The van der Waals surface area contributed by atoms with Gasteiger partial charge in [-0.05, 0) is 50.6 Å². The zero-order valence-electron chi connectivity index (χ0n) is 16.5. The highest BCUT2D eigenvalue weighted by molar-refractivity contribution is 5.98. The molecule has 7 heteroatoms. The summed E-state index contributed by atoms with van der Waals surface area (Å²) in [6.45, 7) is 5.21. The van der Waals surface area contributed by atoms with Gasteiger partial charge in [0, 0.05) is 5.69 Å². The molecule has 0 aliphatic rings. The van der Waals surface area contributed by atoms with E-state index in [1.54, 1.807) is 38.1 Å². The Bertz CT molecular complexity index is 961. The van der Waals surface area contributed by atoms with Crippen LogP contribution in [0.25, 0.3) is 0 Å². The van der Waals surface area contributed by atoms with E-state index in [1.165, 1.54) is 6.92 Å². The van der Waals surface area contributed by atoms with E-state index in [9.17, 15) is 9.59 Å². The molecule has 0 aliphatic carbocycles. The van der Waals surface area contributed by atoms with Crippen molar-refractivity contribution in [2.45, 2.75) is 33.5 Å². The molecule has 1 aromatic heterocycles. The Balaban J connectivity index is 1.52. The highest BCUT2D eigenvalue weighted by Gasteiger charge is 2.24. The van der Waals surface area contributed by atoms with E-state index in [-0.39, 0.29) is 5.56 Å². The lowest BCUT2D eigenvalue weighted by Gasteiger charge is -2.14. The fraction of sp³-hybridized carbons (Fsp3) is 0.227. The minimum atomic E-state index is -0.981. The molecule has 0 saturated heterocycles. The molecule has 0 saturated carbocycles. The average Bonchev–Trinajstić information content (AvgIpc) is 3.06. The first-order chi connectivity index (χ1) is 13.9. The highest BCUT2D eigenvalue weighted by atomic mass is 16.5. The number of carbonyl (C=O) groups is 2. The Morgan fingerprint density at radius 3 is 2.38 bits per heavy atom. The molecule has 7 nitrogen and oxygen atoms in total. The van der Waals surface area contributed by atoms with Gasteiger partial charge < -0.3 is 19.3 Å². The van der Waals surface area contributed by atoms with Gasteiger partial charge in [-0.3, -0.25) is 4.79 Å². The minimum absolute atomic E-state index is 0.240. The largest absolute Gasteiger partial charge is 0.489 e. The van der Waals surface area contributed by atoms with E-state index in [1.807, 2.05) is 30.3 Å². The molecule has 3 rings (SSSR count). The van der Waals surface area contributed by atoms with Gasteiger partial charge in [0.2, 0.25) is 0 Å². The molecule has 0 radical (unpaired) electrons. The molecule has 29 heavy (non-hydrogen) atoms. The van der Waals surface area contributed by atoms with Crippen LogP contribution < -0.4 is 10.1 Å². The van der Waals surface area contributed by atoms with Crippen LogP contribution in [0.1, 0.15) is 34.3 Å². The number of carbonyl (C=O) groups excluding carboxylic acids is 2. The number of nitrogens with one attached hydrogen (secondary N) is 1. The topological polar surface area (TPSA) is 90.7 Å². The van der Waals surface area contributed by atoms with Gasteiger partial charge in [-0.15, -0.1) is 0 Å². The molecule has 0 bridgehead atoms. The standard InChI is InChI=1S/C22H22N2O5/c1-14-20(15(2)29-24-14)22(26)28-16(3)21(25)23-18-9-11-19(12-10-18)27-13-17-7-5-4-6-8-17/h4-12,16H,13H2,1-3H3,(H,23,25)/t16-/m1/s1. The number of aryl methyl sites for hydroxylation is 2. The number of amides is 1. The molecule has 1 N–H and O–H groups in total. The maximum Gasteiger partial charge on any atom is 0.344 e. The van der Waals surface area contributed by atoms with Gasteiger partial charge in [0.25, 0.3) is 5.91 Å². The van der Waals surface area contributed by atoms with Crippen LogP contribution in [0.15, 0.2) is 59.1 Å². The summed E-state index contributed by atoms with van der Waals surface area (Å²) in [5.74, 6) is -0.0486. The maximum absolute atomic E-state index is 12.3. The first-order valence-electron chi connectivity index (χ1n) is 9.15. The predicted octanol–water partition coefficient (Wildman–Crippen LogP) is 4.05. The lowest BCUT2D eigenvalue weighted by Crippen LogP contribution is -2.30. The second-order valence-corrected chi connectivity index (χ2v) is 6.53. The van der Waals surface area contributed by atoms with Crippen LogP contribution in [0.4, 0.5) is 5.69 Å². The fourth-order valence-electron chi connectivity index (χ4n) is 2.67. The van der Waals surface area contributed by atoms with Crippen LogP contribution in [0.2, 0.25) is 0 Å². The fourth-order valence-corrected chi connectivity index (χ4v) is 2.67. The quantitative estimate of drug-likeness (QED) is 0.608. The van der Waals surface area contributed by atoms with E-state index in [2.05, 4.69) is 10.5 Å². The van der Waals surface area contributed by atoms with Gasteiger partial charge in [-0.1, -0.05) is 35.5 Å². The van der Waals surface area contributed by atoms with Gasteiger partial charge in [0.15, 0.2) is 6.10 Å². The molecular weight excluding hydrogens is 372 g/mol. The summed E-state index contributed by atoms with van der Waals surface area (Å²) in [6, 6.07) is 16.8. The van der Waals surface area contributed by atoms with Gasteiger partial charge in [-0.25, -0.2) is 4.79 Å². The summed E-state index contributed by atoms with van der Waals surface area (Å²) >= 11 is 0. The number of rotatable bonds is 7. The SMILES string of the molecule is Cc1noc(C)c1C(=O)O[C@H](C)C(=O)Nc1ccc(OCc2ccccc2)cc1. The number of nitrogens with zero attached hydrogens (tertiary/aromatic N) is 1. The first-order valence-corrected chi connectivity index (χ1v) is 9.15. The molecule has 0 aliphatic heterocycles. The zero-order chi connectivity index (χ0) is 20.8. The second-order valence-electron chi connectivity index (χ2n) is 6.53. The number of ether oxygens (including phenoxy) is 2. The Morgan fingerprint density at radius 2 is 1.76 bits per heavy atom. The molecule has 3 aromatic rings. The maximum atomic E-state index is 12.3. The Hall–Kier alpha value is -3.61. The molecule has 0 unspecified atom stereocenters. The van der Waals surface area contributed by atoms with Gasteiger partial charge in [-0.2, -0.15) is 0 Å². The number of hydrogen-bond acceptors (Lipinski definition) is 6. The van der Waals surface area contributed by atoms with Gasteiger partial charge in [0.1, 0.15) is 23.7 Å². The summed E-state index contributed by atoms with van der Waals surface area (Å²) in [7, 11) is 0. The number of benzene rings is 2. The van der Waals surface area contributed by atoms with E-state index in [4.69, 9.17) is 14.0 Å². The summed E-state index contributed by atoms with van der Waals surface area (Å²) in [6.07, 6.45) is -0.981. The third kappa shape index (κ3) is 5.22. The van der Waals surface area contributed by atoms with Gasteiger partial charge >= 0.3 is 5.97 Å². The van der Waals surface area contributed by atoms with Crippen molar-refractivity contribution in [3.8, 4) is 5.75 Å². The van der Waals surface area contributed by atoms with Crippen molar-refractivity contribution >= 4 is 17.6 Å². The zero-order valence-corrected chi connectivity index (χ0v) is 16.5. The lowest BCUT2D eigenvalue weighted by atomic mass is 10.2. The van der Waals surface area contributed by atoms with E-state index in [0.717, 1.165) is 5.56 Å². The second kappa shape index (κ2) is 9.05. The highest BCUT2D eigenvalue weighted by Crippen LogP contribution is 2.18. The third-order valence-electron chi connectivity index (χ3n) is 4.26. The van der Waals surface area contributed by atoms with Gasteiger partial charge in [0.05, 0.1) is 5.69 Å². The van der Waals surface area contributed by atoms with E-state index in [0.29, 0.717) is 29.5 Å². The molecule has 2 aromatic carbocycles. The van der Waals surface area contributed by atoms with Crippen molar-refractivity contribution in [3.63, 3.8) is 0 Å². The molecular formula is C22H22N2O5. The summed E-state index contributed by atoms with van der Waals surface area (Å²) in [5, 5.41) is 6.42. The van der Waals surface area contributed by atoms with E-state index >= 15 is 0 Å². The number of esters is 1. The van der Waals surface area contributed by atoms with Crippen molar-refractivity contribution in [1.82, 2.24) is 5.16 Å². The Labute approximate surface area is 168 Å². The summed E-state index contributed by atoms with van der Waals surface area (Å²) < 4.78 is 15.9. The predicted molar refractivity (Wildman–Crippen MR) is 107 cm³/mol. The van der Waals surface area contributed by atoms with Crippen molar-refractivity contribution in [3.05, 3.63) is 77.2 Å². The van der Waals surface area contributed by atoms with Crippen molar-refractivity contribution < 1.29 is 23.6 Å². The van der Waals surface area contributed by atoms with Crippen LogP contribution in [-0.2, 0) is 16.1 Å². The monoisotopic (exact) mass is 394 g/mol. The van der Waals surface area contributed by atoms with Crippen molar-refractivity contribution in [2.75, 3.05) is 5.32 Å². The van der Waals surface area contributed by atoms with E-state index < -0.39 is 18.0 Å². The first kappa shape index (κ1) is 20.1. The number of hydrogen-bond donors (Lipinski definition) is 1. The Morgan fingerprint density at radius 1 is 1.07 bits per heavy atom. The molecule has 0 fully saturated rings. The number of anilines is 1. The van der Waals surface area contributed by atoms with Crippen LogP contribution in [-0.4, -0.2) is 23.1 Å².